The zero-order valence-corrected chi connectivity index (χ0v) is 10.4. The first-order chi connectivity index (χ1) is 7.26. The lowest BCUT2D eigenvalue weighted by Crippen LogP contribution is -2.28. The van der Waals surface area contributed by atoms with Crippen LogP contribution < -0.4 is 0 Å². The van der Waals surface area contributed by atoms with Crippen LogP contribution in [0.3, 0.4) is 0 Å². The molecule has 0 spiro atoms. The van der Waals surface area contributed by atoms with Gasteiger partial charge in [-0.1, -0.05) is 0 Å². The summed E-state index contributed by atoms with van der Waals surface area (Å²) < 4.78 is 6.62. The Morgan fingerprint density at radius 2 is 2.00 bits per heavy atom. The second-order valence-corrected chi connectivity index (χ2v) is 4.66. The standard InChI is InChI=1S/C11H18N2O3/c1-7-9(6-14)12-8(2)13(7)10(15)16-11(3,4)5/h14H,6H2,1-5H3. The summed E-state index contributed by atoms with van der Waals surface area (Å²) in [5.74, 6) is 0.524. The van der Waals surface area contributed by atoms with E-state index in [0.29, 0.717) is 17.2 Å². The monoisotopic (exact) mass is 226 g/mol. The molecule has 0 radical (unpaired) electrons. The van der Waals surface area contributed by atoms with Crippen molar-refractivity contribution in [2.75, 3.05) is 0 Å². The molecule has 1 rings (SSSR count). The molecule has 0 saturated carbocycles. The van der Waals surface area contributed by atoms with Crippen molar-refractivity contribution in [3.8, 4) is 0 Å². The van der Waals surface area contributed by atoms with Crippen LogP contribution in [0.25, 0.3) is 0 Å². The molecule has 1 aromatic heterocycles. The fraction of sp³-hybridized carbons (Fsp3) is 0.636. The molecule has 1 aromatic rings. The summed E-state index contributed by atoms with van der Waals surface area (Å²) >= 11 is 0. The molecule has 0 amide bonds. The number of aromatic nitrogens is 2. The number of hydrogen-bond donors (Lipinski definition) is 1. The topological polar surface area (TPSA) is 64.4 Å². The highest BCUT2D eigenvalue weighted by molar-refractivity contribution is 5.72. The van der Waals surface area contributed by atoms with Gasteiger partial charge in [0.15, 0.2) is 0 Å². The Morgan fingerprint density at radius 3 is 2.38 bits per heavy atom. The fourth-order valence-corrected chi connectivity index (χ4v) is 1.42. The van der Waals surface area contributed by atoms with Crippen molar-refractivity contribution in [2.45, 2.75) is 46.8 Å². The molecular weight excluding hydrogens is 208 g/mol. The van der Waals surface area contributed by atoms with E-state index in [9.17, 15) is 4.79 Å². The zero-order chi connectivity index (χ0) is 12.5. The number of imidazole rings is 1. The number of hydrogen-bond acceptors (Lipinski definition) is 4. The number of ether oxygens (including phenoxy) is 1. The Bertz CT molecular complexity index is 402. The van der Waals surface area contributed by atoms with Crippen LogP contribution in [0, 0.1) is 13.8 Å². The van der Waals surface area contributed by atoms with E-state index in [4.69, 9.17) is 9.84 Å². The fourth-order valence-electron chi connectivity index (χ4n) is 1.42. The normalized spacial score (nSPS) is 11.6. The number of aliphatic hydroxyl groups is 1. The Balaban J connectivity index is 3.04. The van der Waals surface area contributed by atoms with Gasteiger partial charge in [0.05, 0.1) is 18.0 Å². The number of carbonyl (C=O) groups is 1. The minimum absolute atomic E-state index is 0.178. The van der Waals surface area contributed by atoms with Crippen LogP contribution >= 0.6 is 0 Å². The SMILES string of the molecule is Cc1nc(CO)c(C)n1C(=O)OC(C)(C)C. The smallest absolute Gasteiger partial charge is 0.420 e. The summed E-state index contributed by atoms with van der Waals surface area (Å²) in [4.78, 5) is 15.9. The molecule has 0 aromatic carbocycles. The van der Waals surface area contributed by atoms with Crippen molar-refractivity contribution in [3.05, 3.63) is 17.2 Å². The van der Waals surface area contributed by atoms with E-state index in [2.05, 4.69) is 4.98 Å². The van der Waals surface area contributed by atoms with Crippen LogP contribution in [0.15, 0.2) is 0 Å². The molecule has 5 heteroatoms. The van der Waals surface area contributed by atoms with E-state index in [0.717, 1.165) is 0 Å². The Kier molecular flexibility index (Phi) is 3.38. The van der Waals surface area contributed by atoms with E-state index in [1.54, 1.807) is 34.6 Å². The minimum Gasteiger partial charge on any atom is -0.443 e. The Hall–Kier alpha value is -1.36. The molecule has 0 unspecified atom stereocenters. The van der Waals surface area contributed by atoms with Gasteiger partial charge >= 0.3 is 6.09 Å². The number of rotatable bonds is 1. The van der Waals surface area contributed by atoms with Crippen molar-refractivity contribution in [1.29, 1.82) is 0 Å². The van der Waals surface area contributed by atoms with Gasteiger partial charge < -0.3 is 9.84 Å². The van der Waals surface area contributed by atoms with Crippen LogP contribution in [0.2, 0.25) is 0 Å². The summed E-state index contributed by atoms with van der Waals surface area (Å²) in [7, 11) is 0. The molecule has 5 nitrogen and oxygen atoms in total. The number of aliphatic hydroxyl groups excluding tert-OH is 1. The van der Waals surface area contributed by atoms with Crippen molar-refractivity contribution in [3.63, 3.8) is 0 Å². The van der Waals surface area contributed by atoms with Gasteiger partial charge in [-0.15, -0.1) is 0 Å². The third kappa shape index (κ3) is 2.61. The van der Waals surface area contributed by atoms with Gasteiger partial charge in [0, 0.05) is 0 Å². The highest BCUT2D eigenvalue weighted by Gasteiger charge is 2.22. The van der Waals surface area contributed by atoms with Gasteiger partial charge in [-0.05, 0) is 34.6 Å². The Labute approximate surface area is 95.1 Å². The quantitative estimate of drug-likeness (QED) is 0.792. The van der Waals surface area contributed by atoms with Gasteiger partial charge in [-0.25, -0.2) is 14.3 Å². The van der Waals surface area contributed by atoms with Gasteiger partial charge in [-0.2, -0.15) is 0 Å². The third-order valence-corrected chi connectivity index (χ3v) is 2.10. The van der Waals surface area contributed by atoms with Crippen molar-refractivity contribution in [1.82, 2.24) is 9.55 Å². The number of aryl methyl sites for hydroxylation is 1. The van der Waals surface area contributed by atoms with Crippen LogP contribution in [-0.2, 0) is 11.3 Å². The van der Waals surface area contributed by atoms with Crippen LogP contribution in [0.5, 0.6) is 0 Å². The average Bonchev–Trinajstić information content (AvgIpc) is 2.38. The predicted molar refractivity (Wildman–Crippen MR) is 59.3 cm³/mol. The van der Waals surface area contributed by atoms with E-state index in [1.165, 1.54) is 4.57 Å². The largest absolute Gasteiger partial charge is 0.443 e. The van der Waals surface area contributed by atoms with Crippen LogP contribution in [-0.4, -0.2) is 26.4 Å². The van der Waals surface area contributed by atoms with Gasteiger partial charge in [0.25, 0.3) is 0 Å². The maximum atomic E-state index is 11.9. The molecule has 0 bridgehead atoms. The Morgan fingerprint density at radius 1 is 1.44 bits per heavy atom. The maximum absolute atomic E-state index is 11.9. The van der Waals surface area contributed by atoms with Gasteiger partial charge in [-0.3, -0.25) is 0 Å². The summed E-state index contributed by atoms with van der Waals surface area (Å²) in [6.45, 7) is 8.67. The van der Waals surface area contributed by atoms with Gasteiger partial charge in [0.2, 0.25) is 0 Å². The average molecular weight is 226 g/mol. The van der Waals surface area contributed by atoms with Crippen LogP contribution in [0.4, 0.5) is 4.79 Å². The summed E-state index contributed by atoms with van der Waals surface area (Å²) in [5, 5.41) is 9.04. The van der Waals surface area contributed by atoms with E-state index < -0.39 is 11.7 Å². The van der Waals surface area contributed by atoms with E-state index in [-0.39, 0.29) is 6.61 Å². The van der Waals surface area contributed by atoms with Crippen molar-refractivity contribution in [2.24, 2.45) is 0 Å². The molecule has 0 aliphatic rings. The van der Waals surface area contributed by atoms with Gasteiger partial charge in [0.1, 0.15) is 11.4 Å². The molecule has 0 aliphatic heterocycles. The first-order valence-electron chi connectivity index (χ1n) is 5.15. The maximum Gasteiger partial charge on any atom is 0.420 e. The lowest BCUT2D eigenvalue weighted by Gasteiger charge is -2.20. The second kappa shape index (κ2) is 4.25. The zero-order valence-electron chi connectivity index (χ0n) is 10.4. The molecule has 16 heavy (non-hydrogen) atoms. The molecular formula is C11H18N2O3. The predicted octanol–water partition coefficient (Wildman–Crippen LogP) is 1.78. The van der Waals surface area contributed by atoms with E-state index >= 15 is 0 Å². The molecule has 90 valence electrons. The summed E-state index contributed by atoms with van der Waals surface area (Å²) in [6, 6.07) is 0. The lowest BCUT2D eigenvalue weighted by molar-refractivity contribution is 0.0530. The van der Waals surface area contributed by atoms with Crippen molar-refractivity contribution >= 4 is 6.09 Å². The van der Waals surface area contributed by atoms with Crippen LogP contribution in [0.1, 0.15) is 38.0 Å². The molecule has 0 fully saturated rings. The summed E-state index contributed by atoms with van der Waals surface area (Å²) in [5.41, 5.74) is 0.581. The number of carbonyl (C=O) groups excluding carboxylic acids is 1. The van der Waals surface area contributed by atoms with Crippen molar-refractivity contribution < 1.29 is 14.6 Å². The molecule has 1 heterocycles. The first kappa shape index (κ1) is 12.7. The second-order valence-electron chi connectivity index (χ2n) is 4.66. The highest BCUT2D eigenvalue weighted by Crippen LogP contribution is 2.15. The lowest BCUT2D eigenvalue weighted by atomic mass is 10.2. The molecule has 0 atom stereocenters. The minimum atomic E-state index is -0.542. The highest BCUT2D eigenvalue weighted by atomic mass is 16.6. The van der Waals surface area contributed by atoms with E-state index in [1.807, 2.05) is 0 Å². The molecule has 1 N–H and O–H groups in total. The third-order valence-electron chi connectivity index (χ3n) is 2.10. The number of nitrogens with zero attached hydrogens (tertiary/aromatic N) is 2. The molecule has 0 aliphatic carbocycles. The summed E-state index contributed by atoms with van der Waals surface area (Å²) in [6.07, 6.45) is -0.463. The first-order valence-corrected chi connectivity index (χ1v) is 5.15. The molecule has 0 saturated heterocycles.